The highest BCUT2D eigenvalue weighted by Gasteiger charge is 2.25. The van der Waals surface area contributed by atoms with E-state index < -0.39 is 24.0 Å². The van der Waals surface area contributed by atoms with Gasteiger partial charge in [-0.05, 0) is 74.5 Å². The summed E-state index contributed by atoms with van der Waals surface area (Å²) in [5.41, 5.74) is 0.540. The molecule has 0 unspecified atom stereocenters. The Hall–Kier alpha value is -1.52. The van der Waals surface area contributed by atoms with Gasteiger partial charge in [0.1, 0.15) is 0 Å². The third kappa shape index (κ3) is 6.05. The lowest BCUT2D eigenvalue weighted by Crippen LogP contribution is -2.14. The van der Waals surface area contributed by atoms with Crippen molar-refractivity contribution in [1.82, 2.24) is 0 Å². The third-order valence-corrected chi connectivity index (χ3v) is 4.91. The minimum absolute atomic E-state index is 0.0801. The van der Waals surface area contributed by atoms with Gasteiger partial charge in [-0.15, -0.1) is 0 Å². The average Bonchev–Trinajstić information content (AvgIpc) is 2.58. The van der Waals surface area contributed by atoms with Gasteiger partial charge < -0.3 is 4.74 Å². The van der Waals surface area contributed by atoms with E-state index in [1.54, 1.807) is 0 Å². The zero-order valence-electron chi connectivity index (χ0n) is 14.6. The molecule has 1 aliphatic carbocycles. The Balaban J connectivity index is 1.88. The van der Waals surface area contributed by atoms with Crippen molar-refractivity contribution in [2.75, 3.05) is 0 Å². The van der Waals surface area contributed by atoms with Gasteiger partial charge in [-0.3, -0.25) is 0 Å². The molecule has 0 radical (unpaired) electrons. The molecule has 140 valence electrons. The molecule has 0 atom stereocenters. The lowest BCUT2D eigenvalue weighted by atomic mass is 9.77. The molecule has 0 aliphatic heterocycles. The van der Waals surface area contributed by atoms with Gasteiger partial charge in [0.2, 0.25) is 0 Å². The summed E-state index contributed by atoms with van der Waals surface area (Å²) in [6.45, 7) is -1.08. The second-order valence-electron chi connectivity index (χ2n) is 6.75. The molecule has 0 aromatic heterocycles. The molecule has 0 saturated heterocycles. The molecule has 0 amide bonds. The highest BCUT2D eigenvalue weighted by molar-refractivity contribution is 5.33. The van der Waals surface area contributed by atoms with Crippen molar-refractivity contribution in [3.8, 4) is 5.75 Å². The van der Waals surface area contributed by atoms with Crippen LogP contribution < -0.4 is 4.74 Å². The van der Waals surface area contributed by atoms with Crippen LogP contribution in [0.4, 0.5) is 17.6 Å². The first-order chi connectivity index (χ1) is 12.0. The molecule has 1 saturated carbocycles. The number of rotatable bonds is 8. The normalized spacial score (nSPS) is 21.2. The summed E-state index contributed by atoms with van der Waals surface area (Å²) in [7, 11) is 0. The fourth-order valence-electron chi connectivity index (χ4n) is 3.54. The van der Waals surface area contributed by atoms with Crippen molar-refractivity contribution in [3.63, 3.8) is 0 Å². The van der Waals surface area contributed by atoms with E-state index in [9.17, 15) is 17.6 Å². The first-order valence-electron chi connectivity index (χ1n) is 9.10. The summed E-state index contributed by atoms with van der Waals surface area (Å²) in [6.07, 6.45) is 12.8. The summed E-state index contributed by atoms with van der Waals surface area (Å²) >= 11 is 0. The number of halogens is 4. The van der Waals surface area contributed by atoms with Gasteiger partial charge in [-0.25, -0.2) is 8.78 Å². The Kier molecular flexibility index (Phi) is 7.79. The fourth-order valence-corrected chi connectivity index (χ4v) is 3.54. The van der Waals surface area contributed by atoms with E-state index in [0.29, 0.717) is 11.5 Å². The molecule has 2 rings (SSSR count). The third-order valence-electron chi connectivity index (χ3n) is 4.91. The summed E-state index contributed by atoms with van der Waals surface area (Å²) < 4.78 is 56.0. The van der Waals surface area contributed by atoms with Crippen LogP contribution in [-0.2, 0) is 0 Å². The smallest absolute Gasteiger partial charge is 0.387 e. The number of ether oxygens (including phenoxy) is 1. The van der Waals surface area contributed by atoms with Crippen LogP contribution in [0.15, 0.2) is 24.3 Å². The molecule has 1 aromatic carbocycles. The van der Waals surface area contributed by atoms with Crippen LogP contribution in [0.3, 0.4) is 0 Å². The number of benzene rings is 1. The molecular weight excluding hydrogens is 332 g/mol. The highest BCUT2D eigenvalue weighted by atomic mass is 19.3. The first kappa shape index (κ1) is 19.8. The zero-order valence-corrected chi connectivity index (χ0v) is 14.6. The van der Waals surface area contributed by atoms with Crippen molar-refractivity contribution in [2.24, 2.45) is 5.92 Å². The van der Waals surface area contributed by atoms with Crippen molar-refractivity contribution in [3.05, 3.63) is 41.5 Å². The van der Waals surface area contributed by atoms with Crippen molar-refractivity contribution in [1.29, 1.82) is 0 Å². The molecule has 1 fully saturated rings. The van der Waals surface area contributed by atoms with Gasteiger partial charge in [0, 0.05) is 0 Å². The number of alkyl halides is 2. The molecule has 0 heterocycles. The van der Waals surface area contributed by atoms with Crippen LogP contribution in [0.5, 0.6) is 5.75 Å². The monoisotopic (exact) mass is 358 g/mol. The Bertz CT molecular complexity index is 540. The van der Waals surface area contributed by atoms with E-state index in [1.807, 2.05) is 0 Å². The Morgan fingerprint density at radius 2 is 1.64 bits per heavy atom. The molecule has 1 aliphatic rings. The topological polar surface area (TPSA) is 9.23 Å². The second kappa shape index (κ2) is 9.83. The van der Waals surface area contributed by atoms with Gasteiger partial charge in [0.05, 0.1) is 0 Å². The lowest BCUT2D eigenvalue weighted by Gasteiger charge is -2.29. The predicted molar refractivity (Wildman–Crippen MR) is 91.0 cm³/mol. The van der Waals surface area contributed by atoms with Crippen molar-refractivity contribution >= 4 is 0 Å². The van der Waals surface area contributed by atoms with Crippen molar-refractivity contribution < 1.29 is 22.3 Å². The van der Waals surface area contributed by atoms with Gasteiger partial charge in [0.15, 0.2) is 17.4 Å². The Morgan fingerprint density at radius 1 is 1.04 bits per heavy atom. The van der Waals surface area contributed by atoms with E-state index in [2.05, 4.69) is 23.8 Å². The van der Waals surface area contributed by atoms with E-state index in [-0.39, 0.29) is 5.92 Å². The number of allylic oxidation sites excluding steroid dienone is 2. The maximum absolute atomic E-state index is 13.9. The number of unbranched alkanes of at least 4 members (excludes halogenated alkanes) is 1. The maximum atomic E-state index is 13.9. The summed E-state index contributed by atoms with van der Waals surface area (Å²) in [6, 6.07) is 2.28. The number of hydrogen-bond acceptors (Lipinski definition) is 1. The molecule has 5 heteroatoms. The Labute approximate surface area is 147 Å². The fraction of sp³-hybridized carbons (Fsp3) is 0.600. The summed E-state index contributed by atoms with van der Waals surface area (Å²) in [4.78, 5) is 0. The molecule has 0 spiro atoms. The van der Waals surface area contributed by atoms with Crippen LogP contribution in [0.25, 0.3) is 0 Å². The van der Waals surface area contributed by atoms with Crippen LogP contribution in [0.2, 0.25) is 0 Å². The quantitative estimate of drug-likeness (QED) is 0.360. The van der Waals surface area contributed by atoms with Gasteiger partial charge in [0.25, 0.3) is 0 Å². The van der Waals surface area contributed by atoms with Crippen LogP contribution in [-0.4, -0.2) is 6.61 Å². The molecule has 0 bridgehead atoms. The summed E-state index contributed by atoms with van der Waals surface area (Å²) in [5, 5.41) is 0. The molecule has 1 nitrogen and oxygen atoms in total. The van der Waals surface area contributed by atoms with E-state index in [4.69, 9.17) is 0 Å². The maximum Gasteiger partial charge on any atom is 0.387 e. The molecular formula is C20H26F4O. The number of hydrogen-bond donors (Lipinski definition) is 0. The first-order valence-corrected chi connectivity index (χ1v) is 9.10. The minimum atomic E-state index is -3.24. The second-order valence-corrected chi connectivity index (χ2v) is 6.75. The van der Waals surface area contributed by atoms with Gasteiger partial charge >= 0.3 is 6.61 Å². The van der Waals surface area contributed by atoms with Crippen LogP contribution in [0.1, 0.15) is 69.8 Å². The van der Waals surface area contributed by atoms with E-state index in [1.165, 1.54) is 0 Å². The highest BCUT2D eigenvalue weighted by Crippen LogP contribution is 2.39. The Morgan fingerprint density at radius 3 is 2.20 bits per heavy atom. The predicted octanol–water partition coefficient (Wildman–Crippen LogP) is 6.98. The van der Waals surface area contributed by atoms with Crippen LogP contribution in [0, 0.1) is 17.6 Å². The average molecular weight is 358 g/mol. The van der Waals surface area contributed by atoms with E-state index in [0.717, 1.165) is 63.5 Å². The van der Waals surface area contributed by atoms with Crippen LogP contribution >= 0.6 is 0 Å². The zero-order chi connectivity index (χ0) is 18.2. The van der Waals surface area contributed by atoms with Crippen molar-refractivity contribution in [2.45, 2.75) is 70.8 Å². The molecule has 1 aromatic rings. The molecule has 0 N–H and O–H groups in total. The SMILES string of the molecule is CCC/C=C/CCC1CCC(c2cc(F)c(OC(F)F)c(F)c2)CC1. The van der Waals surface area contributed by atoms with E-state index >= 15 is 0 Å². The van der Waals surface area contributed by atoms with Gasteiger partial charge in [-0.1, -0.05) is 25.5 Å². The van der Waals surface area contributed by atoms with Gasteiger partial charge in [-0.2, -0.15) is 8.78 Å². The summed E-state index contributed by atoms with van der Waals surface area (Å²) in [5.74, 6) is -2.38. The largest absolute Gasteiger partial charge is 0.429 e. The lowest BCUT2D eigenvalue weighted by molar-refractivity contribution is -0.0546. The molecule has 25 heavy (non-hydrogen) atoms. The standard InChI is InChI=1S/C20H26F4O/c1-2-3-4-5-6-7-14-8-10-15(11-9-14)16-12-17(21)19(18(22)13-16)25-20(23)24/h4-5,12-15,20H,2-3,6-11H2,1H3/b5-4+. The minimum Gasteiger partial charge on any atom is -0.429 e.